The van der Waals surface area contributed by atoms with Crippen molar-refractivity contribution < 1.29 is 4.79 Å². The minimum absolute atomic E-state index is 0.481. The Bertz CT molecular complexity index is 422. The van der Waals surface area contributed by atoms with Crippen LogP contribution in [0.4, 0.5) is 0 Å². The highest BCUT2D eigenvalue weighted by Crippen LogP contribution is 2.14. The van der Waals surface area contributed by atoms with Crippen LogP contribution in [0.2, 0.25) is 0 Å². The normalized spacial score (nSPS) is 11.0. The molecule has 0 radical (unpaired) electrons. The van der Waals surface area contributed by atoms with Crippen molar-refractivity contribution in [2.24, 2.45) is 5.73 Å². The Morgan fingerprint density at radius 2 is 1.86 bits per heavy atom. The Morgan fingerprint density at radius 1 is 1.29 bits per heavy atom. The van der Waals surface area contributed by atoms with Crippen molar-refractivity contribution in [1.29, 1.82) is 10.5 Å². The van der Waals surface area contributed by atoms with Crippen LogP contribution < -0.4 is 5.73 Å². The van der Waals surface area contributed by atoms with Crippen molar-refractivity contribution in [3.63, 3.8) is 0 Å². The predicted octanol–water partition coefficient (Wildman–Crippen LogP) is 0.651. The van der Waals surface area contributed by atoms with Crippen LogP contribution in [0.1, 0.15) is 17.0 Å². The number of amides is 1. The van der Waals surface area contributed by atoms with Gasteiger partial charge in [-0.1, -0.05) is 12.1 Å². The van der Waals surface area contributed by atoms with Gasteiger partial charge >= 0.3 is 0 Å². The summed E-state index contributed by atoms with van der Waals surface area (Å²) in [6.45, 7) is 0. The molecule has 0 spiro atoms. The number of hydrogen-bond acceptors (Lipinski definition) is 3. The molecule has 1 aromatic rings. The smallest absolute Gasteiger partial charge is 0.239 e. The number of nitriles is 2. The van der Waals surface area contributed by atoms with Gasteiger partial charge in [0.05, 0.1) is 17.7 Å². The minimum Gasteiger partial charge on any atom is -0.368 e. The molecule has 2 N–H and O–H groups in total. The molecule has 0 aliphatic rings. The molecule has 0 aliphatic heterocycles. The van der Waals surface area contributed by atoms with Crippen LogP contribution in [0.15, 0.2) is 24.3 Å². The Kier molecular flexibility index (Phi) is 2.83. The maximum Gasteiger partial charge on any atom is 0.239 e. The molecule has 14 heavy (non-hydrogen) atoms. The summed E-state index contributed by atoms with van der Waals surface area (Å²) in [5, 5.41) is 17.2. The Hall–Kier alpha value is -2.33. The zero-order valence-electron chi connectivity index (χ0n) is 7.27. The lowest BCUT2D eigenvalue weighted by Gasteiger charge is -2.03. The molecule has 0 bridgehead atoms. The molecule has 1 aromatic carbocycles. The lowest BCUT2D eigenvalue weighted by molar-refractivity contribution is -0.118. The van der Waals surface area contributed by atoms with E-state index in [1.54, 1.807) is 30.3 Å². The van der Waals surface area contributed by atoms with E-state index in [2.05, 4.69) is 0 Å². The fraction of sp³-hybridized carbons (Fsp3) is 0.100. The van der Waals surface area contributed by atoms with Gasteiger partial charge in [0, 0.05) is 0 Å². The van der Waals surface area contributed by atoms with Crippen LogP contribution in [-0.2, 0) is 4.79 Å². The van der Waals surface area contributed by atoms with E-state index in [1.165, 1.54) is 0 Å². The highest BCUT2D eigenvalue weighted by atomic mass is 16.1. The van der Waals surface area contributed by atoms with E-state index in [4.69, 9.17) is 16.3 Å². The van der Waals surface area contributed by atoms with Crippen molar-refractivity contribution in [3.05, 3.63) is 35.4 Å². The number of nitrogens with zero attached hydrogens (tertiary/aromatic N) is 2. The minimum atomic E-state index is -0.942. The third-order valence-electron chi connectivity index (χ3n) is 1.79. The summed E-state index contributed by atoms with van der Waals surface area (Å²) in [5.41, 5.74) is 6.02. The molecule has 0 heterocycles. The van der Waals surface area contributed by atoms with Gasteiger partial charge in [0.1, 0.15) is 5.92 Å². The maximum absolute atomic E-state index is 10.8. The molecule has 0 saturated heterocycles. The fourth-order valence-electron chi connectivity index (χ4n) is 1.05. The van der Waals surface area contributed by atoms with Gasteiger partial charge in [-0.05, 0) is 17.7 Å². The topological polar surface area (TPSA) is 90.7 Å². The van der Waals surface area contributed by atoms with Crippen LogP contribution in [0, 0.1) is 22.7 Å². The summed E-state index contributed by atoms with van der Waals surface area (Å²) < 4.78 is 0. The molecule has 68 valence electrons. The van der Waals surface area contributed by atoms with Crippen molar-refractivity contribution in [1.82, 2.24) is 0 Å². The number of carbonyl (C=O) groups excluding carboxylic acids is 1. The molecule has 1 amide bonds. The van der Waals surface area contributed by atoms with Crippen molar-refractivity contribution in [2.75, 3.05) is 0 Å². The van der Waals surface area contributed by atoms with E-state index >= 15 is 0 Å². The van der Waals surface area contributed by atoms with Crippen LogP contribution >= 0.6 is 0 Å². The molecule has 1 atom stereocenters. The van der Waals surface area contributed by atoms with Gasteiger partial charge in [0.25, 0.3) is 0 Å². The van der Waals surface area contributed by atoms with Gasteiger partial charge in [-0.3, -0.25) is 4.79 Å². The average molecular weight is 185 g/mol. The lowest BCUT2D eigenvalue weighted by Crippen LogP contribution is -2.19. The molecule has 0 aromatic heterocycles. The van der Waals surface area contributed by atoms with Crippen LogP contribution in [0.25, 0.3) is 0 Å². The van der Waals surface area contributed by atoms with Gasteiger partial charge in [-0.15, -0.1) is 0 Å². The summed E-state index contributed by atoms with van der Waals surface area (Å²) in [6.07, 6.45) is 0. The van der Waals surface area contributed by atoms with Crippen molar-refractivity contribution in [2.45, 2.75) is 5.92 Å². The number of nitrogens with two attached hydrogens (primary N) is 1. The van der Waals surface area contributed by atoms with E-state index in [1.807, 2.05) is 6.07 Å². The van der Waals surface area contributed by atoms with Crippen molar-refractivity contribution in [3.8, 4) is 12.1 Å². The predicted molar refractivity (Wildman–Crippen MR) is 48.7 cm³/mol. The monoisotopic (exact) mass is 185 g/mol. The molecule has 0 fully saturated rings. The largest absolute Gasteiger partial charge is 0.368 e. The molecule has 0 aliphatic carbocycles. The number of hydrogen-bond donors (Lipinski definition) is 1. The van der Waals surface area contributed by atoms with E-state index in [0.717, 1.165) is 0 Å². The van der Waals surface area contributed by atoms with Gasteiger partial charge < -0.3 is 5.73 Å². The number of rotatable bonds is 2. The highest BCUT2D eigenvalue weighted by molar-refractivity contribution is 5.84. The molecule has 4 heteroatoms. The lowest BCUT2D eigenvalue weighted by atomic mass is 9.99. The Balaban J connectivity index is 3.04. The second-order valence-corrected chi connectivity index (χ2v) is 2.70. The number of benzene rings is 1. The first-order chi connectivity index (χ1) is 6.69. The van der Waals surface area contributed by atoms with Crippen LogP contribution in [-0.4, -0.2) is 5.91 Å². The average Bonchev–Trinajstić information content (AvgIpc) is 2.19. The van der Waals surface area contributed by atoms with Crippen LogP contribution in [0.5, 0.6) is 0 Å². The molecule has 1 rings (SSSR count). The quantitative estimate of drug-likeness (QED) is 0.733. The summed E-state index contributed by atoms with van der Waals surface area (Å²) in [6, 6.07) is 9.93. The van der Waals surface area contributed by atoms with Gasteiger partial charge in [-0.2, -0.15) is 10.5 Å². The third-order valence-corrected chi connectivity index (χ3v) is 1.79. The molecule has 0 saturated carbocycles. The number of carbonyl (C=O) groups is 1. The van der Waals surface area contributed by atoms with E-state index in [0.29, 0.717) is 11.1 Å². The first kappa shape index (κ1) is 9.76. The van der Waals surface area contributed by atoms with Crippen molar-refractivity contribution >= 4 is 5.91 Å². The van der Waals surface area contributed by atoms with E-state index < -0.39 is 11.8 Å². The Labute approximate surface area is 81.2 Å². The highest BCUT2D eigenvalue weighted by Gasteiger charge is 2.16. The van der Waals surface area contributed by atoms with E-state index in [9.17, 15) is 4.79 Å². The van der Waals surface area contributed by atoms with Gasteiger partial charge in [0.15, 0.2) is 0 Å². The summed E-state index contributed by atoms with van der Waals surface area (Å²) in [7, 11) is 0. The zero-order chi connectivity index (χ0) is 10.6. The summed E-state index contributed by atoms with van der Waals surface area (Å²) in [5.74, 6) is -1.63. The third kappa shape index (κ3) is 1.88. The maximum atomic E-state index is 10.8. The van der Waals surface area contributed by atoms with Crippen LogP contribution in [0.3, 0.4) is 0 Å². The second kappa shape index (κ2) is 4.06. The SMILES string of the molecule is N#Cc1ccc(C(C#N)C(N)=O)cc1. The fourth-order valence-corrected chi connectivity index (χ4v) is 1.05. The first-order valence-corrected chi connectivity index (χ1v) is 3.88. The van der Waals surface area contributed by atoms with Gasteiger partial charge in [0.2, 0.25) is 5.91 Å². The molecular formula is C10H7N3O. The first-order valence-electron chi connectivity index (χ1n) is 3.88. The molecule has 1 unspecified atom stereocenters. The number of primary amides is 1. The zero-order valence-corrected chi connectivity index (χ0v) is 7.27. The standard InChI is InChI=1S/C10H7N3O/c11-5-7-1-3-8(4-2-7)9(6-12)10(13)14/h1-4,9H,(H2,13,14). The van der Waals surface area contributed by atoms with Gasteiger partial charge in [-0.25, -0.2) is 0 Å². The molecular weight excluding hydrogens is 178 g/mol. The molecule has 4 nitrogen and oxygen atoms in total. The second-order valence-electron chi connectivity index (χ2n) is 2.70. The Morgan fingerprint density at radius 3 is 2.21 bits per heavy atom. The summed E-state index contributed by atoms with van der Waals surface area (Å²) in [4.78, 5) is 10.8. The van der Waals surface area contributed by atoms with E-state index in [-0.39, 0.29) is 0 Å². The summed E-state index contributed by atoms with van der Waals surface area (Å²) >= 11 is 0.